The number of nitrogens with one attached hydrogen (secondary N) is 1. The number of aliphatic hydroxyl groups excluding tert-OH is 1. The Hall–Kier alpha value is -0.620. The van der Waals surface area contributed by atoms with Gasteiger partial charge in [-0.05, 0) is 23.8 Å². The molecule has 1 aromatic carbocycles. The molecule has 0 heterocycles. The average Bonchev–Trinajstić information content (AvgIpc) is 2.23. The van der Waals surface area contributed by atoms with Gasteiger partial charge in [0.05, 0.1) is 12.7 Å². The maximum atomic E-state index is 9.40. The van der Waals surface area contributed by atoms with Crippen LogP contribution in [0, 0.1) is 0 Å². The Morgan fingerprint density at radius 2 is 2.25 bits per heavy atom. The largest absolute Gasteiger partial charge is 0.508 e. The van der Waals surface area contributed by atoms with Crippen LogP contribution in [0.3, 0.4) is 0 Å². The van der Waals surface area contributed by atoms with Gasteiger partial charge >= 0.3 is 0 Å². The molecule has 90 valence electrons. The van der Waals surface area contributed by atoms with Crippen molar-refractivity contribution >= 4 is 15.9 Å². The van der Waals surface area contributed by atoms with Crippen molar-refractivity contribution in [3.63, 3.8) is 0 Å². The zero-order chi connectivity index (χ0) is 12.0. The molecule has 0 bridgehead atoms. The minimum atomic E-state index is -0.513. The van der Waals surface area contributed by atoms with Crippen LogP contribution in [0.25, 0.3) is 0 Å². The molecule has 0 aliphatic rings. The minimum Gasteiger partial charge on any atom is -0.508 e. The fourth-order valence-electron chi connectivity index (χ4n) is 1.32. The number of aromatic hydroxyl groups is 1. The van der Waals surface area contributed by atoms with Gasteiger partial charge in [0.25, 0.3) is 0 Å². The fraction of sp³-hybridized carbons (Fsp3) is 0.455. The molecule has 0 aliphatic carbocycles. The number of rotatable bonds is 6. The first-order valence-corrected chi connectivity index (χ1v) is 5.78. The van der Waals surface area contributed by atoms with Crippen LogP contribution in [0.15, 0.2) is 22.7 Å². The molecule has 0 aliphatic heterocycles. The third-order valence-electron chi connectivity index (χ3n) is 2.08. The lowest BCUT2D eigenvalue weighted by Crippen LogP contribution is -2.29. The highest BCUT2D eigenvalue weighted by molar-refractivity contribution is 9.10. The van der Waals surface area contributed by atoms with E-state index in [1.807, 2.05) is 0 Å². The molecule has 0 aromatic heterocycles. The van der Waals surface area contributed by atoms with Crippen molar-refractivity contribution in [2.75, 3.05) is 20.3 Å². The first-order valence-electron chi connectivity index (χ1n) is 4.98. The Kier molecular flexibility index (Phi) is 5.76. The highest BCUT2D eigenvalue weighted by Gasteiger charge is 2.04. The molecule has 0 fully saturated rings. The lowest BCUT2D eigenvalue weighted by atomic mass is 10.2. The summed E-state index contributed by atoms with van der Waals surface area (Å²) in [6, 6.07) is 5.09. The van der Waals surface area contributed by atoms with Gasteiger partial charge in [-0.15, -0.1) is 0 Å². The molecule has 1 aromatic rings. The quantitative estimate of drug-likeness (QED) is 0.738. The molecule has 1 unspecified atom stereocenters. The van der Waals surface area contributed by atoms with Crippen LogP contribution in [0.5, 0.6) is 5.75 Å². The van der Waals surface area contributed by atoms with Gasteiger partial charge in [-0.1, -0.05) is 15.9 Å². The van der Waals surface area contributed by atoms with Crippen molar-refractivity contribution in [3.8, 4) is 5.75 Å². The van der Waals surface area contributed by atoms with Crippen LogP contribution in [-0.2, 0) is 11.3 Å². The van der Waals surface area contributed by atoms with E-state index < -0.39 is 6.10 Å². The highest BCUT2D eigenvalue weighted by atomic mass is 79.9. The van der Waals surface area contributed by atoms with Gasteiger partial charge in [-0.25, -0.2) is 0 Å². The molecular weight excluding hydrogens is 274 g/mol. The van der Waals surface area contributed by atoms with Crippen molar-refractivity contribution in [1.82, 2.24) is 5.32 Å². The summed E-state index contributed by atoms with van der Waals surface area (Å²) in [5, 5.41) is 21.8. The van der Waals surface area contributed by atoms with E-state index >= 15 is 0 Å². The summed E-state index contributed by atoms with van der Waals surface area (Å²) in [5.41, 5.74) is 0.949. The number of benzene rings is 1. The van der Waals surface area contributed by atoms with E-state index in [1.165, 1.54) is 0 Å². The van der Waals surface area contributed by atoms with Crippen LogP contribution in [0.2, 0.25) is 0 Å². The second-order valence-electron chi connectivity index (χ2n) is 3.52. The first-order chi connectivity index (χ1) is 7.63. The molecule has 3 N–H and O–H groups in total. The van der Waals surface area contributed by atoms with Gasteiger partial charge in [0.15, 0.2) is 0 Å². The Morgan fingerprint density at radius 1 is 1.50 bits per heavy atom. The number of hydrogen-bond acceptors (Lipinski definition) is 4. The van der Waals surface area contributed by atoms with Gasteiger partial charge in [0.2, 0.25) is 0 Å². The SMILES string of the molecule is COCC(O)CNCc1cc(O)ccc1Br. The number of phenolic OH excluding ortho intramolecular Hbond substituents is 1. The lowest BCUT2D eigenvalue weighted by Gasteiger charge is -2.11. The summed E-state index contributed by atoms with van der Waals surface area (Å²) in [4.78, 5) is 0. The normalized spacial score (nSPS) is 12.7. The van der Waals surface area contributed by atoms with Crippen molar-refractivity contribution in [2.45, 2.75) is 12.6 Å². The molecule has 0 spiro atoms. The van der Waals surface area contributed by atoms with Crippen molar-refractivity contribution in [1.29, 1.82) is 0 Å². The standard InChI is InChI=1S/C11H16BrNO3/c1-16-7-10(15)6-13-5-8-4-9(14)2-3-11(8)12/h2-4,10,13-15H,5-7H2,1H3. The average molecular weight is 290 g/mol. The summed E-state index contributed by atoms with van der Waals surface area (Å²) in [6.07, 6.45) is -0.513. The Bertz CT molecular complexity index is 333. The summed E-state index contributed by atoms with van der Waals surface area (Å²) >= 11 is 3.39. The highest BCUT2D eigenvalue weighted by Crippen LogP contribution is 2.21. The monoisotopic (exact) mass is 289 g/mol. The van der Waals surface area contributed by atoms with Crippen molar-refractivity contribution in [2.24, 2.45) is 0 Å². The summed E-state index contributed by atoms with van der Waals surface area (Å²) < 4.78 is 5.74. The second kappa shape index (κ2) is 6.85. The van der Waals surface area contributed by atoms with Crippen LogP contribution >= 0.6 is 15.9 Å². The molecular formula is C11H16BrNO3. The number of aliphatic hydroxyl groups is 1. The predicted molar refractivity (Wildman–Crippen MR) is 65.4 cm³/mol. The maximum absolute atomic E-state index is 9.40. The molecule has 0 amide bonds. The number of methoxy groups -OCH3 is 1. The zero-order valence-electron chi connectivity index (χ0n) is 9.11. The third-order valence-corrected chi connectivity index (χ3v) is 2.86. The first kappa shape index (κ1) is 13.4. The van der Waals surface area contributed by atoms with Crippen LogP contribution < -0.4 is 5.32 Å². The van der Waals surface area contributed by atoms with E-state index in [9.17, 15) is 10.2 Å². The van der Waals surface area contributed by atoms with Crippen LogP contribution in [0.4, 0.5) is 0 Å². The number of phenols is 1. The molecule has 4 nitrogen and oxygen atoms in total. The smallest absolute Gasteiger partial charge is 0.115 e. The van der Waals surface area contributed by atoms with Crippen molar-refractivity contribution < 1.29 is 14.9 Å². The van der Waals surface area contributed by atoms with Gasteiger partial charge in [0, 0.05) is 24.7 Å². The van der Waals surface area contributed by atoms with Gasteiger partial charge < -0.3 is 20.3 Å². The van der Waals surface area contributed by atoms with E-state index in [1.54, 1.807) is 25.3 Å². The maximum Gasteiger partial charge on any atom is 0.115 e. The van der Waals surface area contributed by atoms with E-state index in [0.29, 0.717) is 19.7 Å². The van der Waals surface area contributed by atoms with Gasteiger partial charge in [0.1, 0.15) is 5.75 Å². The molecule has 1 rings (SSSR count). The molecule has 0 radical (unpaired) electrons. The predicted octanol–water partition coefficient (Wildman–Crippen LogP) is 1.25. The number of halogens is 1. The minimum absolute atomic E-state index is 0.234. The second-order valence-corrected chi connectivity index (χ2v) is 4.37. The molecule has 5 heteroatoms. The van der Waals surface area contributed by atoms with E-state index in [0.717, 1.165) is 10.0 Å². The topological polar surface area (TPSA) is 61.7 Å². The fourth-order valence-corrected chi connectivity index (χ4v) is 1.71. The van der Waals surface area contributed by atoms with Crippen LogP contribution in [0.1, 0.15) is 5.56 Å². The summed E-state index contributed by atoms with van der Waals surface area (Å²) in [6.45, 7) is 1.35. The Morgan fingerprint density at radius 3 is 2.94 bits per heavy atom. The van der Waals surface area contributed by atoms with Gasteiger partial charge in [-0.2, -0.15) is 0 Å². The van der Waals surface area contributed by atoms with Gasteiger partial charge in [-0.3, -0.25) is 0 Å². The Labute approximate surface area is 103 Å². The molecule has 0 saturated carbocycles. The van der Waals surface area contributed by atoms with E-state index in [-0.39, 0.29) is 5.75 Å². The van der Waals surface area contributed by atoms with E-state index in [4.69, 9.17) is 4.74 Å². The van der Waals surface area contributed by atoms with E-state index in [2.05, 4.69) is 21.2 Å². The Balaban J connectivity index is 2.39. The molecule has 0 saturated heterocycles. The van der Waals surface area contributed by atoms with Crippen LogP contribution in [-0.4, -0.2) is 36.6 Å². The summed E-state index contributed by atoms with van der Waals surface area (Å²) in [5.74, 6) is 0.234. The molecule has 1 atom stereocenters. The summed E-state index contributed by atoms with van der Waals surface area (Å²) in [7, 11) is 1.55. The zero-order valence-corrected chi connectivity index (χ0v) is 10.7. The third kappa shape index (κ3) is 4.49. The van der Waals surface area contributed by atoms with Crippen molar-refractivity contribution in [3.05, 3.63) is 28.2 Å². The molecule has 16 heavy (non-hydrogen) atoms. The number of ether oxygens (including phenoxy) is 1. The number of hydrogen-bond donors (Lipinski definition) is 3. The lowest BCUT2D eigenvalue weighted by molar-refractivity contribution is 0.0644.